The second-order valence-electron chi connectivity index (χ2n) is 3.73. The summed E-state index contributed by atoms with van der Waals surface area (Å²) in [6.45, 7) is 8.21. The number of carbonyl (C=O) groups excluding carboxylic acids is 1. The number of carbonyl (C=O) groups is 1. The molecule has 2 nitrogen and oxygen atoms in total. The maximum atomic E-state index is 13.5. The molecule has 106 valence electrons. The molecule has 0 bridgehead atoms. The SMILES string of the molecule is C/C=C/c1ccc(C(=O)OCCCC)cc1F.CC. The second kappa shape index (κ2) is 10.3. The van der Waals surface area contributed by atoms with Crippen LogP contribution in [-0.4, -0.2) is 12.6 Å². The molecule has 0 N–H and O–H groups in total. The lowest BCUT2D eigenvalue weighted by atomic mass is 10.1. The minimum atomic E-state index is -0.468. The van der Waals surface area contributed by atoms with Crippen molar-refractivity contribution >= 4 is 12.0 Å². The largest absolute Gasteiger partial charge is 0.462 e. The highest BCUT2D eigenvalue weighted by molar-refractivity contribution is 5.89. The molecular formula is C16H23FO2. The van der Waals surface area contributed by atoms with Crippen LogP contribution in [0, 0.1) is 5.82 Å². The monoisotopic (exact) mass is 266 g/mol. The first kappa shape index (κ1) is 17.4. The summed E-state index contributed by atoms with van der Waals surface area (Å²) in [5, 5.41) is 0. The normalized spacial score (nSPS) is 9.95. The first-order valence-corrected chi connectivity index (χ1v) is 6.78. The summed E-state index contributed by atoms with van der Waals surface area (Å²) in [6, 6.07) is 4.36. The van der Waals surface area contributed by atoms with Crippen molar-refractivity contribution in [1.82, 2.24) is 0 Å². The number of esters is 1. The van der Waals surface area contributed by atoms with Gasteiger partial charge in [0.25, 0.3) is 0 Å². The fourth-order valence-corrected chi connectivity index (χ4v) is 1.36. The van der Waals surface area contributed by atoms with Gasteiger partial charge in [-0.2, -0.15) is 0 Å². The second-order valence-corrected chi connectivity index (χ2v) is 3.73. The number of ether oxygens (including phenoxy) is 1. The fourth-order valence-electron chi connectivity index (χ4n) is 1.36. The average molecular weight is 266 g/mol. The average Bonchev–Trinajstić information content (AvgIpc) is 2.43. The van der Waals surface area contributed by atoms with E-state index in [1.165, 1.54) is 6.07 Å². The predicted molar refractivity (Wildman–Crippen MR) is 77.6 cm³/mol. The molecule has 19 heavy (non-hydrogen) atoms. The first-order valence-electron chi connectivity index (χ1n) is 6.78. The molecule has 0 aliphatic rings. The van der Waals surface area contributed by atoms with E-state index in [4.69, 9.17) is 4.74 Å². The molecule has 0 fully saturated rings. The molecule has 0 amide bonds. The van der Waals surface area contributed by atoms with E-state index in [0.717, 1.165) is 12.8 Å². The quantitative estimate of drug-likeness (QED) is 0.563. The van der Waals surface area contributed by atoms with Crippen LogP contribution in [0.2, 0.25) is 0 Å². The zero-order valence-corrected chi connectivity index (χ0v) is 12.2. The van der Waals surface area contributed by atoms with E-state index < -0.39 is 11.8 Å². The topological polar surface area (TPSA) is 26.3 Å². The van der Waals surface area contributed by atoms with E-state index in [1.54, 1.807) is 24.3 Å². The molecule has 3 heteroatoms. The van der Waals surface area contributed by atoms with Crippen molar-refractivity contribution in [2.24, 2.45) is 0 Å². The molecule has 0 radical (unpaired) electrons. The molecule has 0 spiro atoms. The van der Waals surface area contributed by atoms with Crippen LogP contribution < -0.4 is 0 Å². The van der Waals surface area contributed by atoms with Crippen molar-refractivity contribution in [2.45, 2.75) is 40.5 Å². The van der Waals surface area contributed by atoms with Crippen LogP contribution in [-0.2, 0) is 4.74 Å². The summed E-state index contributed by atoms with van der Waals surface area (Å²) in [5.74, 6) is -0.877. The van der Waals surface area contributed by atoms with Crippen LogP contribution in [0.1, 0.15) is 56.5 Å². The highest BCUT2D eigenvalue weighted by Crippen LogP contribution is 2.13. The Bertz CT molecular complexity index is 411. The van der Waals surface area contributed by atoms with Gasteiger partial charge in [-0.05, 0) is 25.5 Å². The van der Waals surface area contributed by atoms with Crippen molar-refractivity contribution < 1.29 is 13.9 Å². The lowest BCUT2D eigenvalue weighted by molar-refractivity contribution is 0.0499. The number of rotatable bonds is 5. The number of unbranched alkanes of at least 4 members (excludes halogenated alkanes) is 1. The highest BCUT2D eigenvalue weighted by atomic mass is 19.1. The van der Waals surface area contributed by atoms with Crippen molar-refractivity contribution in [2.75, 3.05) is 6.61 Å². The molecule has 1 rings (SSSR count). The van der Waals surface area contributed by atoms with E-state index in [-0.39, 0.29) is 5.56 Å². The fraction of sp³-hybridized carbons (Fsp3) is 0.438. The molecular weight excluding hydrogens is 243 g/mol. The Hall–Kier alpha value is -1.64. The van der Waals surface area contributed by atoms with Gasteiger partial charge in [-0.3, -0.25) is 0 Å². The van der Waals surface area contributed by atoms with Crippen LogP contribution in [0.5, 0.6) is 0 Å². The zero-order chi connectivity index (χ0) is 14.7. The lowest BCUT2D eigenvalue weighted by Crippen LogP contribution is -2.06. The minimum absolute atomic E-state index is 0.256. The number of allylic oxidation sites excluding steroid dienone is 1. The van der Waals surface area contributed by atoms with Gasteiger partial charge in [0.05, 0.1) is 12.2 Å². The molecule has 1 aromatic carbocycles. The molecule has 0 atom stereocenters. The van der Waals surface area contributed by atoms with Crippen LogP contribution in [0.15, 0.2) is 24.3 Å². The summed E-state index contributed by atoms with van der Waals surface area (Å²) >= 11 is 0. The molecule has 0 aliphatic carbocycles. The van der Waals surface area contributed by atoms with Crippen molar-refractivity contribution in [3.8, 4) is 0 Å². The van der Waals surface area contributed by atoms with Crippen LogP contribution in [0.25, 0.3) is 6.08 Å². The maximum Gasteiger partial charge on any atom is 0.338 e. The van der Waals surface area contributed by atoms with Gasteiger partial charge in [0, 0.05) is 5.56 Å². The number of halogens is 1. The summed E-state index contributed by atoms with van der Waals surface area (Å²) in [4.78, 5) is 11.5. The molecule has 0 heterocycles. The van der Waals surface area contributed by atoms with Gasteiger partial charge in [-0.15, -0.1) is 0 Å². The first-order chi connectivity index (χ1) is 9.19. The third-order valence-corrected chi connectivity index (χ3v) is 2.31. The third kappa shape index (κ3) is 6.18. The van der Waals surface area contributed by atoms with E-state index in [1.807, 2.05) is 27.7 Å². The Morgan fingerprint density at radius 3 is 2.58 bits per heavy atom. The number of hydrogen-bond acceptors (Lipinski definition) is 2. The highest BCUT2D eigenvalue weighted by Gasteiger charge is 2.09. The van der Waals surface area contributed by atoms with Crippen molar-refractivity contribution in [3.63, 3.8) is 0 Å². The molecule has 0 saturated heterocycles. The van der Waals surface area contributed by atoms with E-state index in [0.29, 0.717) is 12.2 Å². The standard InChI is InChI=1S/C14H17FO2.C2H6/c1-3-5-9-17-14(16)12-8-7-11(6-4-2)13(15)10-12;1-2/h4,6-8,10H,3,5,9H2,1-2H3;1-2H3/b6-4+;. The molecule has 0 aliphatic heterocycles. The van der Waals surface area contributed by atoms with Crippen molar-refractivity contribution in [3.05, 3.63) is 41.2 Å². The van der Waals surface area contributed by atoms with Crippen LogP contribution in [0.4, 0.5) is 4.39 Å². The maximum absolute atomic E-state index is 13.5. The Morgan fingerprint density at radius 1 is 1.37 bits per heavy atom. The summed E-state index contributed by atoms with van der Waals surface area (Å²) < 4.78 is 18.5. The van der Waals surface area contributed by atoms with Gasteiger partial charge >= 0.3 is 5.97 Å². The lowest BCUT2D eigenvalue weighted by Gasteiger charge is -2.04. The van der Waals surface area contributed by atoms with Gasteiger partial charge < -0.3 is 4.74 Å². The van der Waals surface area contributed by atoms with E-state index in [9.17, 15) is 9.18 Å². The Kier molecular flexibility index (Phi) is 9.41. The number of benzene rings is 1. The smallest absolute Gasteiger partial charge is 0.338 e. The number of hydrogen-bond donors (Lipinski definition) is 0. The van der Waals surface area contributed by atoms with E-state index >= 15 is 0 Å². The van der Waals surface area contributed by atoms with Gasteiger partial charge in [0.15, 0.2) is 0 Å². The Labute approximate surface area is 115 Å². The summed E-state index contributed by atoms with van der Waals surface area (Å²) in [7, 11) is 0. The van der Waals surface area contributed by atoms with Gasteiger partial charge in [-0.1, -0.05) is 45.4 Å². The summed E-state index contributed by atoms with van der Waals surface area (Å²) in [5.41, 5.74) is 0.726. The minimum Gasteiger partial charge on any atom is -0.462 e. The van der Waals surface area contributed by atoms with Gasteiger partial charge in [-0.25, -0.2) is 9.18 Å². The van der Waals surface area contributed by atoms with Gasteiger partial charge in [0.2, 0.25) is 0 Å². The van der Waals surface area contributed by atoms with Crippen molar-refractivity contribution in [1.29, 1.82) is 0 Å². The Balaban J connectivity index is 0.00000154. The van der Waals surface area contributed by atoms with Gasteiger partial charge in [0.1, 0.15) is 5.82 Å². The van der Waals surface area contributed by atoms with E-state index in [2.05, 4.69) is 0 Å². The zero-order valence-electron chi connectivity index (χ0n) is 12.2. The third-order valence-electron chi connectivity index (χ3n) is 2.31. The summed E-state index contributed by atoms with van der Waals surface area (Å²) in [6.07, 6.45) is 5.19. The molecule has 0 saturated carbocycles. The van der Waals surface area contributed by atoms with Crippen LogP contribution in [0.3, 0.4) is 0 Å². The Morgan fingerprint density at radius 2 is 2.05 bits per heavy atom. The predicted octanol–water partition coefficient (Wildman–Crippen LogP) is 4.84. The molecule has 1 aromatic rings. The molecule has 0 unspecified atom stereocenters. The molecule has 0 aromatic heterocycles. The van der Waals surface area contributed by atoms with Crippen LogP contribution >= 0.6 is 0 Å².